The molecule has 7 aromatic carbocycles. The van der Waals surface area contributed by atoms with Gasteiger partial charge in [0.15, 0.2) is 7.14 Å². The van der Waals surface area contributed by atoms with Crippen molar-refractivity contribution in [3.63, 3.8) is 0 Å². The molecule has 1 unspecified atom stereocenters. The van der Waals surface area contributed by atoms with Crippen LogP contribution in [-0.4, -0.2) is 14.5 Å². The van der Waals surface area contributed by atoms with Gasteiger partial charge in [0.05, 0.1) is 22.2 Å². The summed E-state index contributed by atoms with van der Waals surface area (Å²) in [5.41, 5.74) is 9.12. The van der Waals surface area contributed by atoms with Gasteiger partial charge in [-0.25, -0.2) is 9.97 Å². The monoisotopic (exact) mass is 645 g/mol. The Morgan fingerprint density at radius 1 is 0.449 bits per heavy atom. The van der Waals surface area contributed by atoms with E-state index < -0.39 is 7.14 Å². The molecule has 10 rings (SSSR count). The van der Waals surface area contributed by atoms with Crippen molar-refractivity contribution in [2.24, 2.45) is 0 Å². The Balaban J connectivity index is 1.24. The minimum Gasteiger partial charge on any atom is -0.309 e. The second kappa shape index (κ2) is 10.7. The Labute approximate surface area is 283 Å². The van der Waals surface area contributed by atoms with Crippen LogP contribution in [0.3, 0.4) is 0 Å². The zero-order chi connectivity index (χ0) is 32.5. The minimum absolute atomic E-state index is 0.601. The number of rotatable bonds is 4. The Kier molecular flexibility index (Phi) is 6.12. The molecular weight excluding hydrogens is 617 g/mol. The predicted octanol–water partition coefficient (Wildman–Crippen LogP) is 9.68. The summed E-state index contributed by atoms with van der Waals surface area (Å²) in [5.74, 6) is 0.601. The van der Waals surface area contributed by atoms with Gasteiger partial charge in [-0.1, -0.05) is 146 Å². The molecule has 1 aliphatic heterocycles. The summed E-state index contributed by atoms with van der Waals surface area (Å²) in [5, 5.41) is 5.73. The number of benzene rings is 7. The van der Waals surface area contributed by atoms with E-state index in [1.54, 1.807) is 0 Å². The van der Waals surface area contributed by atoms with E-state index in [1.807, 2.05) is 66.7 Å². The molecule has 2 aromatic heterocycles. The lowest BCUT2D eigenvalue weighted by atomic mass is 10.0. The van der Waals surface area contributed by atoms with Crippen molar-refractivity contribution in [1.29, 1.82) is 0 Å². The Bertz CT molecular complexity index is 2790. The second-order valence-corrected chi connectivity index (χ2v) is 15.2. The smallest absolute Gasteiger partial charge is 0.235 e. The van der Waals surface area contributed by atoms with Gasteiger partial charge in [0.1, 0.15) is 0 Å². The Hall–Kier alpha value is -6.09. The van der Waals surface area contributed by atoms with E-state index in [2.05, 4.69) is 108 Å². The molecule has 1 atom stereocenters. The van der Waals surface area contributed by atoms with Gasteiger partial charge < -0.3 is 4.57 Å². The fourth-order valence-corrected chi connectivity index (χ4v) is 10.6. The lowest BCUT2D eigenvalue weighted by Crippen LogP contribution is -2.20. The van der Waals surface area contributed by atoms with Gasteiger partial charge in [-0.15, -0.1) is 0 Å². The van der Waals surface area contributed by atoms with E-state index in [0.717, 1.165) is 76.6 Å². The van der Waals surface area contributed by atoms with Gasteiger partial charge in [-0.2, -0.15) is 0 Å². The van der Waals surface area contributed by atoms with Crippen LogP contribution in [0.4, 0.5) is 0 Å². The molecule has 5 heteroatoms. The summed E-state index contributed by atoms with van der Waals surface area (Å²) in [4.78, 5) is 10.5. The predicted molar refractivity (Wildman–Crippen MR) is 203 cm³/mol. The zero-order valence-electron chi connectivity index (χ0n) is 26.4. The summed E-state index contributed by atoms with van der Waals surface area (Å²) >= 11 is 0. The highest BCUT2D eigenvalue weighted by Gasteiger charge is 2.40. The van der Waals surface area contributed by atoms with Crippen LogP contribution in [-0.2, 0) is 4.57 Å². The molecule has 4 nitrogen and oxygen atoms in total. The topological polar surface area (TPSA) is 47.8 Å². The molecule has 1 aliphatic rings. The molecule has 9 aromatic rings. The fourth-order valence-electron chi connectivity index (χ4n) is 7.55. The van der Waals surface area contributed by atoms with Crippen molar-refractivity contribution in [3.8, 4) is 39.5 Å². The molecule has 230 valence electrons. The molecule has 0 saturated heterocycles. The third-order valence-electron chi connectivity index (χ3n) is 9.84. The molecule has 49 heavy (non-hydrogen) atoms. The van der Waals surface area contributed by atoms with E-state index in [-0.39, 0.29) is 0 Å². The largest absolute Gasteiger partial charge is 0.309 e. The van der Waals surface area contributed by atoms with Crippen LogP contribution in [0.5, 0.6) is 0 Å². The summed E-state index contributed by atoms with van der Waals surface area (Å²) < 4.78 is 17.5. The van der Waals surface area contributed by atoms with Crippen molar-refractivity contribution >= 4 is 55.8 Å². The molecule has 0 saturated carbocycles. The molecular formula is C44H28N3OP. The average Bonchev–Trinajstić information content (AvgIpc) is 3.63. The van der Waals surface area contributed by atoms with E-state index in [4.69, 9.17) is 9.97 Å². The molecule has 0 fully saturated rings. The average molecular weight is 646 g/mol. The number of fused-ring (bicyclic) bond motifs is 7. The van der Waals surface area contributed by atoms with Crippen LogP contribution in [0, 0.1) is 0 Å². The first-order valence-electron chi connectivity index (χ1n) is 16.4. The molecule has 0 aliphatic carbocycles. The van der Waals surface area contributed by atoms with E-state index >= 15 is 4.57 Å². The highest BCUT2D eigenvalue weighted by Crippen LogP contribution is 2.53. The first kappa shape index (κ1) is 28.0. The Morgan fingerprint density at radius 2 is 1.08 bits per heavy atom. The van der Waals surface area contributed by atoms with E-state index in [9.17, 15) is 0 Å². The fraction of sp³-hybridized carbons (Fsp3) is 0. The SMILES string of the molecule is O=P1(c2ccccc2)c2ccccc2-c2cc3c(cc21)c1ccccc1n3-c1nc(-c2ccc(-c3ccccc3)cc2)c2ccccc2n1. The molecule has 0 N–H and O–H groups in total. The highest BCUT2D eigenvalue weighted by molar-refractivity contribution is 7.86. The van der Waals surface area contributed by atoms with Crippen molar-refractivity contribution in [1.82, 2.24) is 14.5 Å². The van der Waals surface area contributed by atoms with Gasteiger partial charge >= 0.3 is 0 Å². The Morgan fingerprint density at radius 3 is 1.90 bits per heavy atom. The second-order valence-electron chi connectivity index (χ2n) is 12.5. The van der Waals surface area contributed by atoms with Crippen LogP contribution in [0.2, 0.25) is 0 Å². The number of para-hydroxylation sites is 2. The highest BCUT2D eigenvalue weighted by atomic mass is 31.2. The maximum Gasteiger partial charge on any atom is 0.235 e. The van der Waals surface area contributed by atoms with Crippen molar-refractivity contribution < 1.29 is 4.57 Å². The molecule has 0 bridgehead atoms. The van der Waals surface area contributed by atoms with Gasteiger partial charge in [-0.3, -0.25) is 4.57 Å². The number of aromatic nitrogens is 3. The van der Waals surface area contributed by atoms with Crippen molar-refractivity contribution in [2.75, 3.05) is 0 Å². The number of nitrogens with zero attached hydrogens (tertiary/aromatic N) is 3. The van der Waals surface area contributed by atoms with Crippen LogP contribution in [0.1, 0.15) is 0 Å². The van der Waals surface area contributed by atoms with Gasteiger partial charge in [0.25, 0.3) is 0 Å². The summed E-state index contributed by atoms with van der Waals surface area (Å²) in [6.07, 6.45) is 0. The van der Waals surface area contributed by atoms with E-state index in [0.29, 0.717) is 5.95 Å². The van der Waals surface area contributed by atoms with E-state index in [1.165, 1.54) is 5.56 Å². The van der Waals surface area contributed by atoms with Crippen molar-refractivity contribution in [3.05, 3.63) is 170 Å². The zero-order valence-corrected chi connectivity index (χ0v) is 27.3. The summed E-state index contributed by atoms with van der Waals surface area (Å²) in [7, 11) is -3.09. The molecule has 0 spiro atoms. The quantitative estimate of drug-likeness (QED) is 0.179. The standard InChI is InChI=1S/C44H28N3OP/c48-49(32-15-5-2-6-16-32)41-22-12-9-18-34(41)37-27-40-36(28-42(37)49)33-17-8-11-21-39(33)47(40)44-45-38-20-10-7-19-35(38)43(46-44)31-25-23-30(24-26-31)29-13-3-1-4-14-29/h1-28H. The molecule has 3 heterocycles. The first-order valence-corrected chi connectivity index (χ1v) is 18.2. The first-order chi connectivity index (χ1) is 24.2. The van der Waals surface area contributed by atoms with Crippen LogP contribution >= 0.6 is 7.14 Å². The van der Waals surface area contributed by atoms with Gasteiger partial charge in [0.2, 0.25) is 5.95 Å². The van der Waals surface area contributed by atoms with Gasteiger partial charge in [-0.05, 0) is 46.5 Å². The maximum atomic E-state index is 15.3. The molecule has 0 amide bonds. The van der Waals surface area contributed by atoms with Crippen LogP contribution in [0.25, 0.3) is 72.2 Å². The van der Waals surface area contributed by atoms with Crippen molar-refractivity contribution in [2.45, 2.75) is 0 Å². The lowest BCUT2D eigenvalue weighted by Gasteiger charge is -2.16. The van der Waals surface area contributed by atoms with Crippen LogP contribution in [0.15, 0.2) is 170 Å². The third-order valence-corrected chi connectivity index (χ3v) is 13.0. The maximum absolute atomic E-state index is 15.3. The number of hydrogen-bond donors (Lipinski definition) is 0. The number of hydrogen-bond acceptors (Lipinski definition) is 3. The lowest BCUT2D eigenvalue weighted by molar-refractivity contribution is 0.593. The normalized spacial score (nSPS) is 15.1. The molecule has 0 radical (unpaired) electrons. The minimum atomic E-state index is -3.09. The van der Waals surface area contributed by atoms with Gasteiger partial charge in [0, 0.05) is 37.6 Å². The summed E-state index contributed by atoms with van der Waals surface area (Å²) in [6, 6.07) is 58.1. The summed E-state index contributed by atoms with van der Waals surface area (Å²) in [6.45, 7) is 0. The third kappa shape index (κ3) is 4.14. The van der Waals surface area contributed by atoms with Crippen LogP contribution < -0.4 is 15.9 Å².